The number of urea groups is 1. The first-order valence-corrected chi connectivity index (χ1v) is 8.14. The van der Waals surface area contributed by atoms with Crippen LogP contribution < -0.4 is 16.0 Å². The molecule has 1 aliphatic carbocycles. The number of hydrogen-bond acceptors (Lipinski definition) is 4. The minimum absolute atomic E-state index is 0.304. The summed E-state index contributed by atoms with van der Waals surface area (Å²) in [6.07, 6.45) is 4.80. The maximum absolute atomic E-state index is 12.2. The van der Waals surface area contributed by atoms with E-state index in [4.69, 9.17) is 4.74 Å². The third-order valence-corrected chi connectivity index (χ3v) is 3.81. The SMILES string of the molecule is CC(C)(C)OC(=O)NC[C@@](C)(NC(=O)Nc1ccncc1)C1CC1. The number of aromatic nitrogens is 1. The lowest BCUT2D eigenvalue weighted by Gasteiger charge is -2.32. The highest BCUT2D eigenvalue weighted by Crippen LogP contribution is 2.39. The van der Waals surface area contributed by atoms with E-state index < -0.39 is 17.2 Å². The molecule has 0 unspecified atom stereocenters. The lowest BCUT2D eigenvalue weighted by atomic mass is 9.96. The Morgan fingerprint density at radius 2 is 1.83 bits per heavy atom. The summed E-state index contributed by atoms with van der Waals surface area (Å²) in [6, 6.07) is 3.13. The highest BCUT2D eigenvalue weighted by Gasteiger charge is 2.43. The molecule has 132 valence electrons. The molecule has 3 N–H and O–H groups in total. The molecule has 1 saturated carbocycles. The molecular weight excluding hydrogens is 308 g/mol. The average Bonchev–Trinajstić information content (AvgIpc) is 3.29. The van der Waals surface area contributed by atoms with E-state index in [1.807, 2.05) is 27.7 Å². The smallest absolute Gasteiger partial charge is 0.407 e. The Morgan fingerprint density at radius 3 is 2.38 bits per heavy atom. The van der Waals surface area contributed by atoms with Crippen LogP contribution in [0.4, 0.5) is 15.3 Å². The number of nitrogens with zero attached hydrogens (tertiary/aromatic N) is 1. The molecule has 1 atom stereocenters. The molecule has 1 aromatic heterocycles. The molecule has 0 radical (unpaired) electrons. The Labute approximate surface area is 142 Å². The average molecular weight is 334 g/mol. The van der Waals surface area contributed by atoms with Gasteiger partial charge in [0, 0.05) is 24.6 Å². The fourth-order valence-corrected chi connectivity index (χ4v) is 2.44. The number of alkyl carbamates (subject to hydrolysis) is 1. The van der Waals surface area contributed by atoms with Gasteiger partial charge in [0.05, 0.1) is 5.54 Å². The summed E-state index contributed by atoms with van der Waals surface area (Å²) in [5, 5.41) is 8.51. The van der Waals surface area contributed by atoms with Crippen molar-refractivity contribution in [2.75, 3.05) is 11.9 Å². The van der Waals surface area contributed by atoms with Crippen LogP contribution in [0.1, 0.15) is 40.5 Å². The molecule has 3 amide bonds. The number of rotatable bonds is 5. The summed E-state index contributed by atoms with van der Waals surface area (Å²) in [5.41, 5.74) is -0.402. The first-order chi connectivity index (χ1) is 11.2. The quantitative estimate of drug-likeness (QED) is 0.772. The predicted octanol–water partition coefficient (Wildman–Crippen LogP) is 2.90. The molecule has 1 fully saturated rings. The number of carbonyl (C=O) groups excluding carboxylic acids is 2. The topological polar surface area (TPSA) is 92.4 Å². The molecule has 0 aliphatic heterocycles. The zero-order chi connectivity index (χ0) is 17.8. The summed E-state index contributed by atoms with van der Waals surface area (Å²) in [7, 11) is 0. The second kappa shape index (κ2) is 7.07. The van der Waals surface area contributed by atoms with Crippen molar-refractivity contribution >= 4 is 17.8 Å². The summed E-state index contributed by atoms with van der Waals surface area (Å²) in [4.78, 5) is 28.0. The molecular formula is C17H26N4O3. The van der Waals surface area contributed by atoms with Crippen LogP contribution in [0.5, 0.6) is 0 Å². The van der Waals surface area contributed by atoms with E-state index in [9.17, 15) is 9.59 Å². The molecule has 1 heterocycles. The van der Waals surface area contributed by atoms with Gasteiger partial charge in [-0.25, -0.2) is 9.59 Å². The van der Waals surface area contributed by atoms with E-state index in [-0.39, 0.29) is 6.03 Å². The van der Waals surface area contributed by atoms with Crippen LogP contribution in [0.3, 0.4) is 0 Å². The summed E-state index contributed by atoms with van der Waals surface area (Å²) in [6.45, 7) is 7.69. The highest BCUT2D eigenvalue weighted by atomic mass is 16.6. The molecule has 7 heteroatoms. The Balaban J connectivity index is 1.90. The van der Waals surface area contributed by atoms with Crippen LogP contribution >= 0.6 is 0 Å². The minimum atomic E-state index is -0.549. The van der Waals surface area contributed by atoms with Gasteiger partial charge in [0.1, 0.15) is 5.60 Å². The number of carbonyl (C=O) groups is 2. The molecule has 2 rings (SSSR count). The second-order valence-corrected chi connectivity index (χ2v) is 7.36. The third kappa shape index (κ3) is 5.72. The van der Waals surface area contributed by atoms with Gasteiger partial charge in [-0.15, -0.1) is 0 Å². The first kappa shape index (κ1) is 18.0. The maximum Gasteiger partial charge on any atom is 0.407 e. The number of anilines is 1. The van der Waals surface area contributed by atoms with Gasteiger partial charge in [-0.2, -0.15) is 0 Å². The van der Waals surface area contributed by atoms with Crippen LogP contribution in [-0.2, 0) is 4.74 Å². The predicted molar refractivity (Wildman–Crippen MR) is 91.8 cm³/mol. The largest absolute Gasteiger partial charge is 0.444 e. The van der Waals surface area contributed by atoms with E-state index in [2.05, 4.69) is 20.9 Å². The standard InChI is InChI=1S/C17H26N4O3/c1-16(2,3)24-15(23)19-11-17(4,12-5-6-12)21-14(22)20-13-7-9-18-10-8-13/h7-10,12H,5-6,11H2,1-4H3,(H,19,23)(H2,18,20,21,22)/t17-/m1/s1. The van der Waals surface area contributed by atoms with Crippen LogP contribution in [0, 0.1) is 5.92 Å². The van der Waals surface area contributed by atoms with Crippen molar-refractivity contribution in [1.82, 2.24) is 15.6 Å². The summed E-state index contributed by atoms with van der Waals surface area (Å²) < 4.78 is 5.25. The lowest BCUT2D eigenvalue weighted by Crippen LogP contribution is -2.56. The van der Waals surface area contributed by atoms with Crippen LogP contribution in [0.15, 0.2) is 24.5 Å². The highest BCUT2D eigenvalue weighted by molar-refractivity contribution is 5.89. The van der Waals surface area contributed by atoms with E-state index in [0.717, 1.165) is 12.8 Å². The van der Waals surface area contributed by atoms with Gasteiger partial charge in [-0.1, -0.05) is 0 Å². The van der Waals surface area contributed by atoms with Crippen molar-refractivity contribution in [3.8, 4) is 0 Å². The molecule has 0 spiro atoms. The van der Waals surface area contributed by atoms with Crippen molar-refractivity contribution < 1.29 is 14.3 Å². The molecule has 7 nitrogen and oxygen atoms in total. The van der Waals surface area contributed by atoms with Gasteiger partial charge in [0.2, 0.25) is 0 Å². The fraction of sp³-hybridized carbons (Fsp3) is 0.588. The molecule has 0 aromatic carbocycles. The van der Waals surface area contributed by atoms with Crippen molar-refractivity contribution in [2.45, 2.75) is 51.7 Å². The lowest BCUT2D eigenvalue weighted by molar-refractivity contribution is 0.0509. The van der Waals surface area contributed by atoms with E-state index in [1.54, 1.807) is 24.5 Å². The third-order valence-electron chi connectivity index (χ3n) is 3.81. The van der Waals surface area contributed by atoms with Crippen LogP contribution in [0.2, 0.25) is 0 Å². The molecule has 1 aliphatic rings. The number of nitrogens with one attached hydrogen (secondary N) is 3. The Hall–Kier alpha value is -2.31. The van der Waals surface area contributed by atoms with Crippen LogP contribution in [-0.4, -0.2) is 34.8 Å². The van der Waals surface area contributed by atoms with Gasteiger partial charge < -0.3 is 20.7 Å². The normalized spacial score (nSPS) is 16.7. The van der Waals surface area contributed by atoms with Crippen molar-refractivity contribution in [2.24, 2.45) is 5.92 Å². The molecule has 0 saturated heterocycles. The van der Waals surface area contributed by atoms with Gasteiger partial charge >= 0.3 is 12.1 Å². The molecule has 24 heavy (non-hydrogen) atoms. The van der Waals surface area contributed by atoms with Crippen LogP contribution in [0.25, 0.3) is 0 Å². The second-order valence-electron chi connectivity index (χ2n) is 7.36. The van der Waals surface area contributed by atoms with E-state index in [1.165, 1.54) is 0 Å². The first-order valence-electron chi connectivity index (χ1n) is 8.14. The minimum Gasteiger partial charge on any atom is -0.444 e. The monoisotopic (exact) mass is 334 g/mol. The Morgan fingerprint density at radius 1 is 1.21 bits per heavy atom. The van der Waals surface area contributed by atoms with Crippen molar-refractivity contribution in [3.05, 3.63) is 24.5 Å². The van der Waals surface area contributed by atoms with E-state index >= 15 is 0 Å². The zero-order valence-electron chi connectivity index (χ0n) is 14.7. The number of amides is 3. The molecule has 0 bridgehead atoms. The van der Waals surface area contributed by atoms with Gasteiger partial charge in [-0.3, -0.25) is 4.98 Å². The zero-order valence-corrected chi connectivity index (χ0v) is 14.7. The summed E-state index contributed by atoms with van der Waals surface area (Å²) >= 11 is 0. The maximum atomic E-state index is 12.2. The van der Waals surface area contributed by atoms with Gasteiger partial charge in [0.25, 0.3) is 0 Å². The van der Waals surface area contributed by atoms with Gasteiger partial charge in [0.15, 0.2) is 0 Å². The summed E-state index contributed by atoms with van der Waals surface area (Å²) in [5.74, 6) is 0.343. The number of pyridine rings is 1. The van der Waals surface area contributed by atoms with Gasteiger partial charge in [-0.05, 0) is 58.6 Å². The number of ether oxygens (including phenoxy) is 1. The van der Waals surface area contributed by atoms with E-state index in [0.29, 0.717) is 18.2 Å². The Kier molecular flexibility index (Phi) is 5.31. The molecule has 1 aromatic rings. The van der Waals surface area contributed by atoms with Crippen molar-refractivity contribution in [3.63, 3.8) is 0 Å². The fourth-order valence-electron chi connectivity index (χ4n) is 2.44. The Bertz CT molecular complexity index is 581. The number of hydrogen-bond donors (Lipinski definition) is 3. The van der Waals surface area contributed by atoms with Crippen molar-refractivity contribution in [1.29, 1.82) is 0 Å².